The van der Waals surface area contributed by atoms with Crippen LogP contribution in [0.3, 0.4) is 0 Å². The molecule has 0 amide bonds. The molecule has 5 heteroatoms. The van der Waals surface area contributed by atoms with Crippen molar-refractivity contribution >= 4 is 22.4 Å². The van der Waals surface area contributed by atoms with Crippen LogP contribution in [0.1, 0.15) is 39.3 Å². The van der Waals surface area contributed by atoms with Crippen LogP contribution < -0.4 is 5.56 Å². The van der Waals surface area contributed by atoms with Gasteiger partial charge in [-0.2, -0.15) is 5.10 Å². The zero-order chi connectivity index (χ0) is 20.6. The molecule has 1 aliphatic rings. The minimum Gasteiger partial charge on any atom is -0.306 e. The van der Waals surface area contributed by atoms with Gasteiger partial charge >= 0.3 is 0 Å². The molecule has 3 aromatic rings. The number of rotatable bonds is 3. The van der Waals surface area contributed by atoms with E-state index in [0.29, 0.717) is 21.4 Å². The van der Waals surface area contributed by atoms with E-state index in [0.717, 1.165) is 32.4 Å². The number of hydrogen-bond acceptors (Lipinski definition) is 3. The summed E-state index contributed by atoms with van der Waals surface area (Å²) in [4.78, 5) is 15.5. The molecule has 1 unspecified atom stereocenters. The molecular weight excluding hydrogens is 358 g/mol. The Morgan fingerprint density at radius 2 is 1.85 bits per heavy atom. The summed E-state index contributed by atoms with van der Waals surface area (Å²) in [7, 11) is 2.09. The van der Waals surface area contributed by atoms with Crippen molar-refractivity contribution in [2.75, 3.05) is 20.1 Å². The van der Waals surface area contributed by atoms with Gasteiger partial charge in [-0.15, -0.1) is 0 Å². The molecule has 0 bridgehead atoms. The highest BCUT2D eigenvalue weighted by molar-refractivity contribution is 6.30. The first kappa shape index (κ1) is 15.8. The van der Waals surface area contributed by atoms with E-state index in [1.807, 2.05) is 12.1 Å². The molecule has 4 rings (SSSR count). The summed E-state index contributed by atoms with van der Waals surface area (Å²) in [5.41, 5.74) is 0.587. The summed E-state index contributed by atoms with van der Waals surface area (Å²) < 4.78 is 19.2. The van der Waals surface area contributed by atoms with Crippen molar-refractivity contribution < 1.29 is 2.74 Å². The number of aromatic nitrogens is 2. The number of benzene rings is 2. The lowest BCUT2D eigenvalue weighted by Crippen LogP contribution is -2.29. The standard InChI is InChI=1S/C22H24ClN3O/c1-25-13-4-5-18(12-14-25)26-22(27)20-7-3-2-6-19(20)21(24-26)15-16-8-10-17(23)11-9-16/h2-3,6-11,18H,4-5,12-15H2,1H3/i15D2. The zero-order valence-corrected chi connectivity index (χ0v) is 16.1. The lowest BCUT2D eigenvalue weighted by atomic mass is 10.0. The van der Waals surface area contributed by atoms with Gasteiger partial charge < -0.3 is 4.90 Å². The number of halogens is 1. The third-order valence-electron chi connectivity index (χ3n) is 5.20. The van der Waals surface area contributed by atoms with Gasteiger partial charge in [0.05, 0.1) is 17.1 Å². The van der Waals surface area contributed by atoms with Crippen LogP contribution in [0.15, 0.2) is 53.3 Å². The predicted octanol–water partition coefficient (Wildman–Crippen LogP) is 4.30. The summed E-state index contributed by atoms with van der Waals surface area (Å²) in [5, 5.41) is 6.25. The molecule has 1 atom stereocenters. The molecule has 1 aromatic heterocycles. The van der Waals surface area contributed by atoms with Crippen LogP contribution in [0, 0.1) is 0 Å². The van der Waals surface area contributed by atoms with Crippen LogP contribution in [0.5, 0.6) is 0 Å². The van der Waals surface area contributed by atoms with Crippen molar-refractivity contribution in [1.82, 2.24) is 14.7 Å². The van der Waals surface area contributed by atoms with Gasteiger partial charge in [0.15, 0.2) is 0 Å². The summed E-state index contributed by atoms with van der Waals surface area (Å²) in [6.07, 6.45) is 0.812. The molecule has 1 saturated heterocycles. The molecule has 2 aromatic carbocycles. The van der Waals surface area contributed by atoms with Gasteiger partial charge in [0.2, 0.25) is 0 Å². The van der Waals surface area contributed by atoms with Crippen molar-refractivity contribution in [1.29, 1.82) is 0 Å². The largest absolute Gasteiger partial charge is 0.306 e. The van der Waals surface area contributed by atoms with Crippen LogP contribution in [-0.4, -0.2) is 34.8 Å². The van der Waals surface area contributed by atoms with Crippen LogP contribution in [0.2, 0.25) is 5.02 Å². The molecule has 0 saturated carbocycles. The number of fused-ring (bicyclic) bond motifs is 1. The highest BCUT2D eigenvalue weighted by Crippen LogP contribution is 2.23. The minimum atomic E-state index is -1.86. The van der Waals surface area contributed by atoms with Gasteiger partial charge in [0.25, 0.3) is 5.56 Å². The Morgan fingerprint density at radius 3 is 2.63 bits per heavy atom. The second kappa shape index (κ2) is 7.83. The number of likely N-dealkylation sites (tertiary alicyclic amines) is 1. The Labute approximate surface area is 167 Å². The van der Waals surface area contributed by atoms with E-state index in [-0.39, 0.29) is 17.3 Å². The van der Waals surface area contributed by atoms with Crippen molar-refractivity contribution in [3.05, 3.63) is 75.2 Å². The maximum atomic E-state index is 13.2. The van der Waals surface area contributed by atoms with E-state index in [4.69, 9.17) is 14.3 Å². The predicted molar refractivity (Wildman–Crippen MR) is 111 cm³/mol. The van der Waals surface area contributed by atoms with Crippen molar-refractivity contribution in [3.8, 4) is 0 Å². The molecule has 0 N–H and O–H groups in total. The van der Waals surface area contributed by atoms with Crippen molar-refractivity contribution in [2.45, 2.75) is 31.7 Å². The highest BCUT2D eigenvalue weighted by atomic mass is 35.5. The second-order valence-corrected chi connectivity index (χ2v) is 7.60. The van der Waals surface area contributed by atoms with E-state index in [1.165, 1.54) is 4.68 Å². The third kappa shape index (κ3) is 3.92. The molecule has 4 nitrogen and oxygen atoms in total. The highest BCUT2D eigenvalue weighted by Gasteiger charge is 2.21. The monoisotopic (exact) mass is 383 g/mol. The average Bonchev–Trinajstić information content (AvgIpc) is 2.93. The third-order valence-corrected chi connectivity index (χ3v) is 5.45. The SMILES string of the molecule is [2H]C([2H])(c1ccc(Cl)cc1)c1nn(C2CCCN(C)CC2)c(=O)c2ccccc12. The zero-order valence-electron chi connectivity index (χ0n) is 17.4. The molecule has 1 aliphatic heterocycles. The van der Waals surface area contributed by atoms with Gasteiger partial charge in [-0.05, 0) is 63.2 Å². The first-order chi connectivity index (χ1) is 13.9. The fraction of sp³-hybridized carbons (Fsp3) is 0.364. The van der Waals surface area contributed by atoms with E-state index >= 15 is 0 Å². The van der Waals surface area contributed by atoms with Crippen LogP contribution in [0.4, 0.5) is 0 Å². The van der Waals surface area contributed by atoms with Crippen LogP contribution >= 0.6 is 11.6 Å². The first-order valence-electron chi connectivity index (χ1n) is 10.3. The molecular formula is C22H24ClN3O. The van der Waals surface area contributed by atoms with E-state index in [1.54, 1.807) is 36.4 Å². The van der Waals surface area contributed by atoms with E-state index < -0.39 is 6.37 Å². The maximum absolute atomic E-state index is 13.2. The molecule has 2 heterocycles. The normalized spacial score (nSPS) is 20.1. The lowest BCUT2D eigenvalue weighted by Gasteiger charge is -2.19. The number of hydrogen-bond donors (Lipinski definition) is 0. The van der Waals surface area contributed by atoms with Crippen molar-refractivity contribution in [3.63, 3.8) is 0 Å². The summed E-state index contributed by atoms with van der Waals surface area (Å²) in [6.45, 7) is 1.89. The lowest BCUT2D eigenvalue weighted by molar-refractivity contribution is 0.334. The molecule has 0 radical (unpaired) electrons. The molecule has 0 spiro atoms. The van der Waals surface area contributed by atoms with Crippen LogP contribution in [0.25, 0.3) is 10.8 Å². The fourth-order valence-electron chi connectivity index (χ4n) is 3.68. The average molecular weight is 384 g/mol. The Hall–Kier alpha value is -2.17. The van der Waals surface area contributed by atoms with Gasteiger partial charge in [-0.25, -0.2) is 4.68 Å². The summed E-state index contributed by atoms with van der Waals surface area (Å²) in [6, 6.07) is 13.8. The summed E-state index contributed by atoms with van der Waals surface area (Å²) in [5.74, 6) is 0. The minimum absolute atomic E-state index is 0.0307. The Bertz CT molecular complexity index is 1080. The topological polar surface area (TPSA) is 38.1 Å². The Balaban J connectivity index is 1.90. The number of nitrogens with zero attached hydrogens (tertiary/aromatic N) is 3. The van der Waals surface area contributed by atoms with Gasteiger partial charge in [0.1, 0.15) is 0 Å². The van der Waals surface area contributed by atoms with Gasteiger partial charge in [-0.1, -0.05) is 41.9 Å². The second-order valence-electron chi connectivity index (χ2n) is 7.16. The van der Waals surface area contributed by atoms with Gasteiger partial charge in [-0.3, -0.25) is 4.79 Å². The summed E-state index contributed by atoms with van der Waals surface area (Å²) >= 11 is 5.99. The smallest absolute Gasteiger partial charge is 0.274 e. The maximum Gasteiger partial charge on any atom is 0.274 e. The Kier molecular flexibility index (Phi) is 4.59. The molecule has 27 heavy (non-hydrogen) atoms. The quantitative estimate of drug-likeness (QED) is 0.676. The molecule has 1 fully saturated rings. The molecule has 0 aliphatic carbocycles. The first-order valence-corrected chi connectivity index (χ1v) is 9.72. The van der Waals surface area contributed by atoms with E-state index in [2.05, 4.69) is 17.0 Å². The fourth-order valence-corrected chi connectivity index (χ4v) is 3.81. The van der Waals surface area contributed by atoms with Crippen molar-refractivity contribution in [2.24, 2.45) is 0 Å². The Morgan fingerprint density at radius 1 is 1.11 bits per heavy atom. The molecule has 140 valence electrons. The van der Waals surface area contributed by atoms with Crippen LogP contribution in [-0.2, 0) is 6.37 Å². The van der Waals surface area contributed by atoms with E-state index in [9.17, 15) is 4.79 Å². The van der Waals surface area contributed by atoms with Gasteiger partial charge in [0, 0.05) is 19.5 Å².